The van der Waals surface area contributed by atoms with Crippen LogP contribution in [0.2, 0.25) is 0 Å². The quantitative estimate of drug-likeness (QED) is 0.293. The van der Waals surface area contributed by atoms with Crippen molar-refractivity contribution in [2.75, 3.05) is 52.4 Å². The fraction of sp³-hybridized carbons (Fsp3) is 0.593. The van der Waals surface area contributed by atoms with Crippen molar-refractivity contribution in [2.24, 2.45) is 5.92 Å². The first kappa shape index (κ1) is 26.8. The molecule has 196 valence electrons. The van der Waals surface area contributed by atoms with E-state index in [1.807, 2.05) is 0 Å². The Bertz CT molecular complexity index is 999. The summed E-state index contributed by atoms with van der Waals surface area (Å²) in [5, 5.41) is 0.0696. The lowest BCUT2D eigenvalue weighted by Gasteiger charge is -2.38. The van der Waals surface area contributed by atoms with Crippen LogP contribution in [-0.2, 0) is 19.1 Å². The van der Waals surface area contributed by atoms with Gasteiger partial charge in [-0.1, -0.05) is 24.3 Å². The number of amides is 1. The predicted molar refractivity (Wildman–Crippen MR) is 138 cm³/mol. The minimum Gasteiger partial charge on any atom is -0.466 e. The number of ketones is 1. The number of likely N-dealkylation sites (tertiary alicyclic amines) is 1. The number of piperazine rings is 1. The number of thiol groups is 1. The van der Waals surface area contributed by atoms with Crippen LogP contribution in [0.15, 0.2) is 35.9 Å². The molecule has 3 fully saturated rings. The molecule has 4 rings (SSSR count). The fourth-order valence-corrected chi connectivity index (χ4v) is 5.29. The summed E-state index contributed by atoms with van der Waals surface area (Å²) >= 11 is 4.78. The standard InChI is InChI=1S/C27H36FN3O4S/c1-2-35-25(33)11-14-30-16-15-29(18-24(30)32)12-9-20-17-31(13-10-23(20)36)26(27(34)19-7-8-19)21-5-3-4-6-22(21)28/h3-6,9,19,23,26,36H,2,7-8,10-18H2,1H3. The molecule has 1 aromatic rings. The van der Waals surface area contributed by atoms with Gasteiger partial charge in [0.2, 0.25) is 5.91 Å². The van der Waals surface area contributed by atoms with Gasteiger partial charge in [-0.3, -0.25) is 24.2 Å². The third-order valence-electron chi connectivity index (χ3n) is 7.22. The first-order chi connectivity index (χ1) is 17.4. The highest BCUT2D eigenvalue weighted by Gasteiger charge is 2.40. The van der Waals surface area contributed by atoms with Gasteiger partial charge in [0.15, 0.2) is 5.78 Å². The predicted octanol–water partition coefficient (Wildman–Crippen LogP) is 2.87. The van der Waals surface area contributed by atoms with Gasteiger partial charge in [0.25, 0.3) is 0 Å². The summed E-state index contributed by atoms with van der Waals surface area (Å²) in [6.07, 6.45) is 4.87. The van der Waals surface area contributed by atoms with E-state index in [1.54, 1.807) is 30.0 Å². The van der Waals surface area contributed by atoms with Gasteiger partial charge in [-0.25, -0.2) is 4.39 Å². The zero-order chi connectivity index (χ0) is 25.7. The van der Waals surface area contributed by atoms with Crippen LogP contribution in [0.1, 0.15) is 44.2 Å². The highest BCUT2D eigenvalue weighted by Crippen LogP contribution is 2.39. The van der Waals surface area contributed by atoms with E-state index in [-0.39, 0.29) is 41.1 Å². The Morgan fingerprint density at radius 3 is 2.64 bits per heavy atom. The van der Waals surface area contributed by atoms with E-state index in [2.05, 4.69) is 15.9 Å². The monoisotopic (exact) mass is 517 g/mol. The molecule has 2 atom stereocenters. The summed E-state index contributed by atoms with van der Waals surface area (Å²) in [5.74, 6) is -0.475. The lowest BCUT2D eigenvalue weighted by molar-refractivity contribution is -0.144. The molecule has 7 nitrogen and oxygen atoms in total. The van der Waals surface area contributed by atoms with Crippen LogP contribution in [-0.4, -0.2) is 90.0 Å². The van der Waals surface area contributed by atoms with Gasteiger partial charge in [0.1, 0.15) is 5.82 Å². The molecule has 1 amide bonds. The molecule has 0 N–H and O–H groups in total. The van der Waals surface area contributed by atoms with Crippen LogP contribution in [0.4, 0.5) is 4.39 Å². The molecule has 0 spiro atoms. The maximum Gasteiger partial charge on any atom is 0.307 e. The molecule has 0 bridgehead atoms. The average molecular weight is 518 g/mol. The lowest BCUT2D eigenvalue weighted by Crippen LogP contribution is -2.50. The second-order valence-corrected chi connectivity index (χ2v) is 10.4. The van der Waals surface area contributed by atoms with Crippen molar-refractivity contribution in [1.29, 1.82) is 0 Å². The van der Waals surface area contributed by atoms with Crippen LogP contribution in [0.25, 0.3) is 0 Å². The molecule has 2 aliphatic heterocycles. The molecule has 2 saturated heterocycles. The van der Waals surface area contributed by atoms with Crippen molar-refractivity contribution in [3.8, 4) is 0 Å². The van der Waals surface area contributed by atoms with Gasteiger partial charge in [-0.05, 0) is 37.8 Å². The van der Waals surface area contributed by atoms with Crippen molar-refractivity contribution in [3.63, 3.8) is 0 Å². The Morgan fingerprint density at radius 2 is 1.94 bits per heavy atom. The number of ether oxygens (including phenoxy) is 1. The van der Waals surface area contributed by atoms with Crippen LogP contribution in [0, 0.1) is 11.7 Å². The first-order valence-electron chi connectivity index (χ1n) is 12.9. The van der Waals surface area contributed by atoms with Gasteiger partial charge >= 0.3 is 5.97 Å². The van der Waals surface area contributed by atoms with E-state index in [4.69, 9.17) is 17.4 Å². The van der Waals surface area contributed by atoms with Gasteiger partial charge in [-0.15, -0.1) is 0 Å². The molecule has 3 aliphatic rings. The minimum absolute atomic E-state index is 0.00582. The Kier molecular flexibility index (Phi) is 9.19. The van der Waals surface area contributed by atoms with Crippen molar-refractivity contribution in [1.82, 2.24) is 14.7 Å². The number of Topliss-reactive ketones (excluding diaryl/α,β-unsaturated/α-hetero) is 1. The number of hydrogen-bond donors (Lipinski definition) is 1. The first-order valence-corrected chi connectivity index (χ1v) is 13.4. The smallest absolute Gasteiger partial charge is 0.307 e. The second kappa shape index (κ2) is 12.3. The Hall–Kier alpha value is -2.23. The zero-order valence-corrected chi connectivity index (χ0v) is 21.8. The summed E-state index contributed by atoms with van der Waals surface area (Å²) < 4.78 is 19.7. The number of halogens is 1. The summed E-state index contributed by atoms with van der Waals surface area (Å²) in [6, 6.07) is 6.02. The van der Waals surface area contributed by atoms with Crippen molar-refractivity contribution in [2.45, 2.75) is 43.9 Å². The molecule has 2 heterocycles. The van der Waals surface area contributed by atoms with Crippen LogP contribution in [0.5, 0.6) is 0 Å². The largest absolute Gasteiger partial charge is 0.466 e. The molecule has 2 unspecified atom stereocenters. The molecule has 36 heavy (non-hydrogen) atoms. The number of nitrogens with zero attached hydrogens (tertiary/aromatic N) is 3. The fourth-order valence-electron chi connectivity index (χ4n) is 4.99. The number of piperidine rings is 1. The van der Waals surface area contributed by atoms with Crippen LogP contribution >= 0.6 is 12.6 Å². The van der Waals surface area contributed by atoms with Gasteiger partial charge < -0.3 is 9.64 Å². The Balaban J connectivity index is 1.37. The number of rotatable bonds is 10. The summed E-state index contributed by atoms with van der Waals surface area (Å²) in [4.78, 5) is 43.3. The average Bonchev–Trinajstić information content (AvgIpc) is 3.71. The van der Waals surface area contributed by atoms with Crippen molar-refractivity contribution < 1.29 is 23.5 Å². The highest BCUT2D eigenvalue weighted by atomic mass is 32.1. The molecular formula is C27H36FN3O4S. The topological polar surface area (TPSA) is 70.2 Å². The van der Waals surface area contributed by atoms with E-state index < -0.39 is 6.04 Å². The van der Waals surface area contributed by atoms with E-state index in [0.717, 1.165) is 31.4 Å². The molecule has 1 aliphatic carbocycles. The van der Waals surface area contributed by atoms with Gasteiger partial charge in [0, 0.05) is 56.0 Å². The molecule has 0 aromatic heterocycles. The maximum atomic E-state index is 14.7. The zero-order valence-electron chi connectivity index (χ0n) is 20.9. The number of esters is 1. The lowest BCUT2D eigenvalue weighted by atomic mass is 9.93. The summed E-state index contributed by atoms with van der Waals surface area (Å²) in [6.45, 7) is 5.92. The number of benzene rings is 1. The highest BCUT2D eigenvalue weighted by molar-refractivity contribution is 7.81. The Labute approximate surface area is 218 Å². The van der Waals surface area contributed by atoms with Crippen molar-refractivity contribution in [3.05, 3.63) is 47.3 Å². The number of carbonyl (C=O) groups excluding carboxylic acids is 3. The molecule has 9 heteroatoms. The third kappa shape index (κ3) is 6.75. The summed E-state index contributed by atoms with van der Waals surface area (Å²) in [5.41, 5.74) is 1.56. The van der Waals surface area contributed by atoms with Gasteiger partial charge in [-0.2, -0.15) is 12.6 Å². The van der Waals surface area contributed by atoms with E-state index in [9.17, 15) is 18.8 Å². The van der Waals surface area contributed by atoms with Crippen LogP contribution in [0.3, 0.4) is 0 Å². The van der Waals surface area contributed by atoms with Crippen LogP contribution < -0.4 is 0 Å². The maximum absolute atomic E-state index is 14.7. The van der Waals surface area contributed by atoms with Crippen molar-refractivity contribution >= 4 is 30.3 Å². The van der Waals surface area contributed by atoms with Gasteiger partial charge in [0.05, 0.1) is 25.6 Å². The van der Waals surface area contributed by atoms with E-state index >= 15 is 0 Å². The molecular weight excluding hydrogens is 481 g/mol. The third-order valence-corrected chi connectivity index (χ3v) is 7.81. The van der Waals surface area contributed by atoms with E-state index in [0.29, 0.717) is 51.4 Å². The summed E-state index contributed by atoms with van der Waals surface area (Å²) in [7, 11) is 0. The second-order valence-electron chi connectivity index (χ2n) is 9.83. The normalized spacial score (nSPS) is 23.6. The molecule has 1 saturated carbocycles. The number of carbonyl (C=O) groups is 3. The molecule has 1 aromatic carbocycles. The number of hydrogen-bond acceptors (Lipinski definition) is 7. The minimum atomic E-state index is -0.576. The molecule has 0 radical (unpaired) electrons. The Morgan fingerprint density at radius 1 is 1.17 bits per heavy atom. The SMILES string of the molecule is CCOC(=O)CCN1CCN(CC=C2CN(C(C(=O)C3CC3)c3ccccc3F)CCC2S)CC1=O. The van der Waals surface area contributed by atoms with E-state index in [1.165, 1.54) is 6.07 Å².